The molecule has 1 N–H and O–H groups in total. The fourth-order valence-electron chi connectivity index (χ4n) is 1.57. The zero-order chi connectivity index (χ0) is 13.5. The maximum Gasteiger partial charge on any atom is 0.137 e. The molecule has 0 amide bonds. The number of nitrogens with one attached hydrogen (secondary N) is 1. The third kappa shape index (κ3) is 4.62. The Morgan fingerprint density at radius 2 is 2.26 bits per heavy atom. The Bertz CT molecular complexity index is 502. The van der Waals surface area contributed by atoms with Gasteiger partial charge in [0.05, 0.1) is 10.8 Å². The highest BCUT2D eigenvalue weighted by molar-refractivity contribution is 8.01. The second-order valence-corrected chi connectivity index (χ2v) is 6.26. The van der Waals surface area contributed by atoms with Crippen molar-refractivity contribution in [3.8, 4) is 0 Å². The van der Waals surface area contributed by atoms with Crippen molar-refractivity contribution in [1.29, 1.82) is 0 Å². The molecule has 2 nitrogen and oxygen atoms in total. The first-order chi connectivity index (χ1) is 9.29. The molecule has 1 aromatic heterocycles. The van der Waals surface area contributed by atoms with E-state index >= 15 is 0 Å². The lowest BCUT2D eigenvalue weighted by Crippen LogP contribution is -2.18. The van der Waals surface area contributed by atoms with Gasteiger partial charge in [0.1, 0.15) is 5.82 Å². The molecule has 0 aliphatic carbocycles. The van der Waals surface area contributed by atoms with Gasteiger partial charge in [-0.05, 0) is 29.1 Å². The summed E-state index contributed by atoms with van der Waals surface area (Å²) in [4.78, 5) is 0.670. The van der Waals surface area contributed by atoms with E-state index in [0.717, 1.165) is 16.3 Å². The number of thiophene rings is 1. The molecule has 0 saturated heterocycles. The van der Waals surface area contributed by atoms with E-state index in [-0.39, 0.29) is 5.82 Å². The first-order valence-electron chi connectivity index (χ1n) is 5.99. The standard InChI is InChI=1S/C14H16FNOS2/c1-17-7-6-16-10-11-4-5-13(12(15)9-11)19-14-3-2-8-18-14/h2-5,8-9,16H,6-7,10H2,1H3. The molecule has 2 aromatic rings. The number of benzene rings is 1. The second kappa shape index (κ2) is 7.65. The molecule has 0 unspecified atom stereocenters. The average Bonchev–Trinajstić information content (AvgIpc) is 2.91. The minimum atomic E-state index is -0.163. The highest BCUT2D eigenvalue weighted by atomic mass is 32.2. The van der Waals surface area contributed by atoms with Crippen LogP contribution in [-0.2, 0) is 11.3 Å². The predicted octanol–water partition coefficient (Wildman–Crippen LogP) is 3.77. The molecule has 0 aliphatic rings. The number of hydrogen-bond donors (Lipinski definition) is 1. The second-order valence-electron chi connectivity index (χ2n) is 3.97. The number of ether oxygens (including phenoxy) is 1. The van der Waals surface area contributed by atoms with Crippen LogP contribution in [-0.4, -0.2) is 20.3 Å². The lowest BCUT2D eigenvalue weighted by molar-refractivity contribution is 0.199. The summed E-state index contributed by atoms with van der Waals surface area (Å²) < 4.78 is 20.0. The number of rotatable bonds is 7. The molecule has 5 heteroatoms. The van der Waals surface area contributed by atoms with E-state index < -0.39 is 0 Å². The van der Waals surface area contributed by atoms with E-state index in [1.54, 1.807) is 24.5 Å². The number of halogens is 1. The third-order valence-electron chi connectivity index (χ3n) is 2.51. The van der Waals surface area contributed by atoms with Gasteiger partial charge in [-0.15, -0.1) is 11.3 Å². The van der Waals surface area contributed by atoms with Gasteiger partial charge in [-0.3, -0.25) is 0 Å². The largest absolute Gasteiger partial charge is 0.383 e. The van der Waals surface area contributed by atoms with E-state index in [2.05, 4.69) is 5.32 Å². The normalized spacial score (nSPS) is 10.8. The van der Waals surface area contributed by atoms with Crippen LogP contribution in [0.3, 0.4) is 0 Å². The molecule has 0 aliphatic heterocycles. The molecule has 19 heavy (non-hydrogen) atoms. The van der Waals surface area contributed by atoms with Gasteiger partial charge in [-0.2, -0.15) is 0 Å². The van der Waals surface area contributed by atoms with Gasteiger partial charge in [0.25, 0.3) is 0 Å². The van der Waals surface area contributed by atoms with Crippen LogP contribution in [0.15, 0.2) is 44.8 Å². The van der Waals surface area contributed by atoms with Crippen molar-refractivity contribution < 1.29 is 9.13 Å². The summed E-state index contributed by atoms with van der Waals surface area (Å²) in [6, 6.07) is 9.36. The van der Waals surface area contributed by atoms with Crippen molar-refractivity contribution in [2.45, 2.75) is 15.6 Å². The van der Waals surface area contributed by atoms with Crippen molar-refractivity contribution >= 4 is 23.1 Å². The lowest BCUT2D eigenvalue weighted by atomic mass is 10.2. The number of methoxy groups -OCH3 is 1. The van der Waals surface area contributed by atoms with Gasteiger partial charge in [-0.1, -0.05) is 23.9 Å². The molecule has 1 aromatic carbocycles. The Balaban J connectivity index is 1.93. The summed E-state index contributed by atoms with van der Waals surface area (Å²) in [5.41, 5.74) is 0.948. The Morgan fingerprint density at radius 3 is 2.95 bits per heavy atom. The van der Waals surface area contributed by atoms with Gasteiger partial charge in [-0.25, -0.2) is 4.39 Å². The fraction of sp³-hybridized carbons (Fsp3) is 0.286. The highest BCUT2D eigenvalue weighted by Crippen LogP contribution is 2.33. The van der Waals surface area contributed by atoms with Crippen molar-refractivity contribution in [3.63, 3.8) is 0 Å². The van der Waals surface area contributed by atoms with Crippen molar-refractivity contribution in [3.05, 3.63) is 47.1 Å². The maximum atomic E-state index is 13.9. The summed E-state index contributed by atoms with van der Waals surface area (Å²) >= 11 is 3.08. The van der Waals surface area contributed by atoms with Crippen LogP contribution in [0.5, 0.6) is 0 Å². The van der Waals surface area contributed by atoms with E-state index in [1.807, 2.05) is 29.6 Å². The zero-order valence-electron chi connectivity index (χ0n) is 10.7. The van der Waals surface area contributed by atoms with Crippen molar-refractivity contribution in [1.82, 2.24) is 5.32 Å². The lowest BCUT2D eigenvalue weighted by Gasteiger charge is -2.06. The van der Waals surface area contributed by atoms with Gasteiger partial charge in [0.2, 0.25) is 0 Å². The Kier molecular flexibility index (Phi) is 5.85. The molecular formula is C14H16FNOS2. The van der Waals surface area contributed by atoms with Crippen LogP contribution >= 0.6 is 23.1 Å². The minimum Gasteiger partial charge on any atom is -0.383 e. The van der Waals surface area contributed by atoms with Gasteiger partial charge in [0, 0.05) is 25.1 Å². The van der Waals surface area contributed by atoms with Gasteiger partial charge in [0.15, 0.2) is 0 Å². The highest BCUT2D eigenvalue weighted by Gasteiger charge is 2.06. The monoisotopic (exact) mass is 297 g/mol. The van der Waals surface area contributed by atoms with Crippen LogP contribution in [0.4, 0.5) is 4.39 Å². The average molecular weight is 297 g/mol. The topological polar surface area (TPSA) is 21.3 Å². The molecule has 0 fully saturated rings. The minimum absolute atomic E-state index is 0.163. The predicted molar refractivity (Wildman–Crippen MR) is 78.4 cm³/mol. The molecule has 0 spiro atoms. The Morgan fingerprint density at radius 1 is 1.37 bits per heavy atom. The zero-order valence-corrected chi connectivity index (χ0v) is 12.3. The molecule has 0 bridgehead atoms. The smallest absolute Gasteiger partial charge is 0.137 e. The molecule has 0 radical (unpaired) electrons. The quantitative estimate of drug-likeness (QED) is 0.786. The Hall–Kier alpha value is -0.880. The fourth-order valence-corrected chi connectivity index (χ4v) is 3.31. The van der Waals surface area contributed by atoms with Crippen LogP contribution in [0, 0.1) is 5.82 Å². The Labute approximate surface area is 121 Å². The summed E-state index contributed by atoms with van der Waals surface area (Å²) in [5.74, 6) is -0.163. The van der Waals surface area contributed by atoms with Crippen LogP contribution in [0.1, 0.15) is 5.56 Å². The first kappa shape index (κ1) is 14.5. The van der Waals surface area contributed by atoms with Gasteiger partial charge < -0.3 is 10.1 Å². The number of hydrogen-bond acceptors (Lipinski definition) is 4. The van der Waals surface area contributed by atoms with E-state index in [0.29, 0.717) is 18.0 Å². The van der Waals surface area contributed by atoms with E-state index in [4.69, 9.17) is 4.74 Å². The third-order valence-corrected chi connectivity index (χ3v) is 4.60. The summed E-state index contributed by atoms with van der Waals surface area (Å²) in [6.45, 7) is 2.09. The molecular weight excluding hydrogens is 281 g/mol. The van der Waals surface area contributed by atoms with Crippen molar-refractivity contribution in [2.24, 2.45) is 0 Å². The maximum absolute atomic E-state index is 13.9. The first-order valence-corrected chi connectivity index (χ1v) is 7.68. The molecule has 1 heterocycles. The van der Waals surface area contributed by atoms with E-state index in [9.17, 15) is 4.39 Å². The van der Waals surface area contributed by atoms with Gasteiger partial charge >= 0.3 is 0 Å². The van der Waals surface area contributed by atoms with Crippen LogP contribution < -0.4 is 5.32 Å². The molecule has 2 rings (SSSR count). The van der Waals surface area contributed by atoms with E-state index in [1.165, 1.54) is 11.8 Å². The van der Waals surface area contributed by atoms with Crippen LogP contribution in [0.25, 0.3) is 0 Å². The summed E-state index contributed by atoms with van der Waals surface area (Å²) in [7, 11) is 1.66. The molecule has 0 atom stereocenters. The SMILES string of the molecule is COCCNCc1ccc(Sc2cccs2)c(F)c1. The van der Waals surface area contributed by atoms with Crippen molar-refractivity contribution in [2.75, 3.05) is 20.3 Å². The summed E-state index contributed by atoms with van der Waals surface area (Å²) in [6.07, 6.45) is 0. The summed E-state index contributed by atoms with van der Waals surface area (Å²) in [5, 5.41) is 5.19. The molecule has 102 valence electrons. The molecule has 0 saturated carbocycles. The van der Waals surface area contributed by atoms with Crippen LogP contribution in [0.2, 0.25) is 0 Å².